The number of sulfonamides is 1. The highest BCUT2D eigenvalue weighted by molar-refractivity contribution is 7.89. The molecule has 112 valence electrons. The summed E-state index contributed by atoms with van der Waals surface area (Å²) < 4.78 is 54.8. The zero-order chi connectivity index (χ0) is 15.2. The van der Waals surface area contributed by atoms with Crippen molar-refractivity contribution in [2.75, 3.05) is 6.54 Å². The van der Waals surface area contributed by atoms with E-state index in [1.807, 2.05) is 22.9 Å². The predicted octanol–water partition coefficient (Wildman–Crippen LogP) is 2.53. The Kier molecular flexibility index (Phi) is 3.33. The van der Waals surface area contributed by atoms with E-state index in [1.165, 1.54) is 4.31 Å². The Balaban J connectivity index is 2.01. The van der Waals surface area contributed by atoms with Crippen LogP contribution in [0.3, 0.4) is 0 Å². The summed E-state index contributed by atoms with van der Waals surface area (Å²) >= 11 is 0. The standard InChI is InChI=1S/C14H14F2N2O2S/c1-10-14-3-2-6-17(14)7-8-18(10)21(19,20)11-4-5-12(15)13(16)9-11/h2-6,9-10H,7-8H2,1H3/t10-/m1/s1. The van der Waals surface area contributed by atoms with Crippen LogP contribution in [-0.4, -0.2) is 23.8 Å². The van der Waals surface area contributed by atoms with Gasteiger partial charge in [-0.1, -0.05) is 0 Å². The molecule has 0 bridgehead atoms. The Morgan fingerprint density at radius 2 is 1.90 bits per heavy atom. The lowest BCUT2D eigenvalue weighted by Gasteiger charge is -2.33. The number of hydrogen-bond acceptors (Lipinski definition) is 2. The van der Waals surface area contributed by atoms with Gasteiger partial charge < -0.3 is 4.57 Å². The van der Waals surface area contributed by atoms with E-state index < -0.39 is 21.7 Å². The molecule has 0 amide bonds. The van der Waals surface area contributed by atoms with Gasteiger partial charge in [-0.25, -0.2) is 17.2 Å². The lowest BCUT2D eigenvalue weighted by molar-refractivity contribution is 0.282. The van der Waals surface area contributed by atoms with E-state index in [9.17, 15) is 17.2 Å². The largest absolute Gasteiger partial charge is 0.349 e. The Labute approximate surface area is 121 Å². The molecule has 2 aromatic rings. The SMILES string of the molecule is C[C@@H]1c2cccn2CCN1S(=O)(=O)c1ccc(F)c(F)c1. The maximum absolute atomic E-state index is 13.3. The molecule has 3 rings (SSSR count). The molecule has 0 spiro atoms. The molecule has 1 aliphatic heterocycles. The van der Waals surface area contributed by atoms with E-state index >= 15 is 0 Å². The van der Waals surface area contributed by atoms with Crippen LogP contribution in [0.2, 0.25) is 0 Å². The summed E-state index contributed by atoms with van der Waals surface area (Å²) in [6.45, 7) is 2.61. The van der Waals surface area contributed by atoms with Gasteiger partial charge in [-0.2, -0.15) is 4.31 Å². The lowest BCUT2D eigenvalue weighted by atomic mass is 10.2. The first kappa shape index (κ1) is 14.2. The van der Waals surface area contributed by atoms with E-state index in [2.05, 4.69) is 0 Å². The molecule has 0 unspecified atom stereocenters. The van der Waals surface area contributed by atoms with Crippen molar-refractivity contribution in [2.45, 2.75) is 24.4 Å². The van der Waals surface area contributed by atoms with Crippen LogP contribution in [-0.2, 0) is 16.6 Å². The van der Waals surface area contributed by atoms with Gasteiger partial charge in [0, 0.05) is 25.0 Å². The molecule has 0 fully saturated rings. The predicted molar refractivity (Wildman–Crippen MR) is 73.1 cm³/mol. The van der Waals surface area contributed by atoms with Crippen LogP contribution in [0, 0.1) is 11.6 Å². The van der Waals surface area contributed by atoms with E-state index in [4.69, 9.17) is 0 Å². The van der Waals surface area contributed by atoms with Crippen LogP contribution in [0.5, 0.6) is 0 Å². The minimum atomic E-state index is -3.86. The summed E-state index contributed by atoms with van der Waals surface area (Å²) in [6.07, 6.45) is 1.90. The first-order valence-corrected chi connectivity index (χ1v) is 7.97. The highest BCUT2D eigenvalue weighted by Gasteiger charge is 2.34. The third kappa shape index (κ3) is 2.26. The summed E-state index contributed by atoms with van der Waals surface area (Å²) in [7, 11) is -3.86. The van der Waals surface area contributed by atoms with Gasteiger partial charge in [-0.05, 0) is 37.3 Å². The molecule has 0 N–H and O–H groups in total. The molecule has 21 heavy (non-hydrogen) atoms. The average Bonchev–Trinajstić information content (AvgIpc) is 2.91. The maximum Gasteiger partial charge on any atom is 0.243 e. The van der Waals surface area contributed by atoms with E-state index in [-0.39, 0.29) is 10.9 Å². The summed E-state index contributed by atoms with van der Waals surface area (Å²) in [5, 5.41) is 0. The molecule has 2 heterocycles. The fourth-order valence-corrected chi connectivity index (χ4v) is 4.27. The van der Waals surface area contributed by atoms with Crippen molar-refractivity contribution in [3.8, 4) is 0 Å². The fraction of sp³-hybridized carbons (Fsp3) is 0.286. The Bertz CT molecular complexity index is 786. The van der Waals surface area contributed by atoms with Gasteiger partial charge in [-0.3, -0.25) is 0 Å². The van der Waals surface area contributed by atoms with Gasteiger partial charge in [-0.15, -0.1) is 0 Å². The highest BCUT2D eigenvalue weighted by atomic mass is 32.2. The Morgan fingerprint density at radius 1 is 1.14 bits per heavy atom. The van der Waals surface area contributed by atoms with Gasteiger partial charge in [0.15, 0.2) is 11.6 Å². The summed E-state index contributed by atoms with van der Waals surface area (Å²) in [5.41, 5.74) is 0.882. The monoisotopic (exact) mass is 312 g/mol. The van der Waals surface area contributed by atoms with E-state index in [1.54, 1.807) is 6.92 Å². The average molecular weight is 312 g/mol. The zero-order valence-corrected chi connectivity index (χ0v) is 12.1. The number of halogens is 2. The molecule has 1 aliphatic rings. The van der Waals surface area contributed by atoms with Crippen molar-refractivity contribution in [1.29, 1.82) is 0 Å². The maximum atomic E-state index is 13.3. The number of aromatic nitrogens is 1. The van der Waals surface area contributed by atoms with E-state index in [0.29, 0.717) is 13.1 Å². The summed E-state index contributed by atoms with van der Waals surface area (Å²) in [4.78, 5) is -0.228. The number of nitrogens with zero attached hydrogens (tertiary/aromatic N) is 2. The van der Waals surface area contributed by atoms with Crippen molar-refractivity contribution in [2.24, 2.45) is 0 Å². The van der Waals surface area contributed by atoms with Crippen LogP contribution >= 0.6 is 0 Å². The third-order valence-electron chi connectivity index (χ3n) is 3.78. The van der Waals surface area contributed by atoms with Crippen LogP contribution in [0.15, 0.2) is 41.4 Å². The molecule has 0 aliphatic carbocycles. The van der Waals surface area contributed by atoms with Crippen LogP contribution in [0.4, 0.5) is 8.78 Å². The number of rotatable bonds is 2. The second-order valence-corrected chi connectivity index (χ2v) is 6.88. The van der Waals surface area contributed by atoms with Gasteiger partial charge >= 0.3 is 0 Å². The minimum absolute atomic E-state index is 0.228. The van der Waals surface area contributed by atoms with Crippen LogP contribution in [0.1, 0.15) is 18.7 Å². The topological polar surface area (TPSA) is 42.3 Å². The first-order chi connectivity index (χ1) is 9.91. The van der Waals surface area contributed by atoms with Crippen molar-refractivity contribution in [3.05, 3.63) is 53.9 Å². The molecule has 1 atom stereocenters. The Hall–Kier alpha value is -1.73. The highest BCUT2D eigenvalue weighted by Crippen LogP contribution is 2.31. The van der Waals surface area contributed by atoms with Gasteiger partial charge in [0.1, 0.15) is 0 Å². The lowest BCUT2D eigenvalue weighted by Crippen LogP contribution is -2.40. The van der Waals surface area contributed by atoms with Crippen molar-refractivity contribution in [1.82, 2.24) is 8.87 Å². The van der Waals surface area contributed by atoms with Gasteiger partial charge in [0.2, 0.25) is 10.0 Å². The molecule has 4 nitrogen and oxygen atoms in total. The summed E-state index contributed by atoms with van der Waals surface area (Å²) in [5.74, 6) is -2.22. The third-order valence-corrected chi connectivity index (χ3v) is 5.75. The number of hydrogen-bond donors (Lipinski definition) is 0. The van der Waals surface area contributed by atoms with Crippen molar-refractivity contribution in [3.63, 3.8) is 0 Å². The fourth-order valence-electron chi connectivity index (χ4n) is 2.66. The molecule has 1 aromatic heterocycles. The normalized spacial score (nSPS) is 19.5. The molecule has 0 radical (unpaired) electrons. The quantitative estimate of drug-likeness (QED) is 0.855. The Morgan fingerprint density at radius 3 is 2.62 bits per heavy atom. The second-order valence-electron chi connectivity index (χ2n) is 4.99. The zero-order valence-electron chi connectivity index (χ0n) is 11.3. The first-order valence-electron chi connectivity index (χ1n) is 6.53. The van der Waals surface area contributed by atoms with Gasteiger partial charge in [0.05, 0.1) is 10.9 Å². The second kappa shape index (κ2) is 4.92. The molecule has 0 saturated heterocycles. The summed E-state index contributed by atoms with van der Waals surface area (Å²) in [6, 6.07) is 6.02. The number of benzene rings is 1. The molecular weight excluding hydrogens is 298 g/mol. The molecule has 0 saturated carbocycles. The number of fused-ring (bicyclic) bond motifs is 1. The van der Waals surface area contributed by atoms with Gasteiger partial charge in [0.25, 0.3) is 0 Å². The van der Waals surface area contributed by atoms with Crippen molar-refractivity contribution < 1.29 is 17.2 Å². The van der Waals surface area contributed by atoms with Crippen molar-refractivity contribution >= 4 is 10.0 Å². The molecule has 1 aromatic carbocycles. The smallest absolute Gasteiger partial charge is 0.243 e. The molecule has 7 heteroatoms. The molecular formula is C14H14F2N2O2S. The minimum Gasteiger partial charge on any atom is -0.349 e. The van der Waals surface area contributed by atoms with E-state index in [0.717, 1.165) is 23.9 Å². The van der Waals surface area contributed by atoms with Crippen LogP contribution in [0.25, 0.3) is 0 Å². The van der Waals surface area contributed by atoms with Crippen LogP contribution < -0.4 is 0 Å².